The number of hydrogen-bond acceptors (Lipinski definition) is 5. The van der Waals surface area contributed by atoms with E-state index in [-0.39, 0.29) is 11.9 Å². The summed E-state index contributed by atoms with van der Waals surface area (Å²) >= 11 is 0. The zero-order chi connectivity index (χ0) is 15.4. The molecule has 21 heavy (non-hydrogen) atoms. The van der Waals surface area contributed by atoms with Crippen molar-refractivity contribution in [2.45, 2.75) is 26.8 Å². The monoisotopic (exact) mass is 291 g/mol. The van der Waals surface area contributed by atoms with Crippen molar-refractivity contribution in [3.05, 3.63) is 17.5 Å². The molecule has 1 fully saturated rings. The average Bonchev–Trinajstić information content (AvgIpc) is 2.46. The van der Waals surface area contributed by atoms with Gasteiger partial charge in [-0.15, -0.1) is 0 Å². The summed E-state index contributed by atoms with van der Waals surface area (Å²) in [4.78, 5) is 35.3. The summed E-state index contributed by atoms with van der Waals surface area (Å²) < 4.78 is 0. The lowest BCUT2D eigenvalue weighted by Gasteiger charge is -2.32. The lowest BCUT2D eigenvalue weighted by atomic mass is 10.3. The molecule has 0 saturated carbocycles. The van der Waals surface area contributed by atoms with Crippen molar-refractivity contribution >= 4 is 18.3 Å². The molecule has 2 amide bonds. The third kappa shape index (κ3) is 3.90. The van der Waals surface area contributed by atoms with Crippen LogP contribution in [0.2, 0.25) is 0 Å². The second-order valence-corrected chi connectivity index (χ2v) is 5.45. The van der Waals surface area contributed by atoms with Gasteiger partial charge in [0.05, 0.1) is 0 Å². The Kier molecular flexibility index (Phi) is 4.72. The zero-order valence-electron chi connectivity index (χ0n) is 12.7. The predicted molar refractivity (Wildman–Crippen MR) is 79.2 cm³/mol. The summed E-state index contributed by atoms with van der Waals surface area (Å²) in [6.45, 7) is 8.31. The van der Waals surface area contributed by atoms with Crippen molar-refractivity contribution in [1.82, 2.24) is 20.2 Å². The Labute approximate surface area is 124 Å². The first kappa shape index (κ1) is 15.2. The smallest absolute Gasteiger partial charge is 0.270 e. The Morgan fingerprint density at radius 2 is 1.95 bits per heavy atom. The van der Waals surface area contributed by atoms with E-state index in [1.54, 1.807) is 11.0 Å². The molecule has 1 aliphatic heterocycles. The number of rotatable bonds is 4. The van der Waals surface area contributed by atoms with Crippen LogP contribution in [0.5, 0.6) is 0 Å². The number of aromatic nitrogens is 2. The van der Waals surface area contributed by atoms with E-state index in [0.717, 1.165) is 12.1 Å². The molecule has 7 nitrogen and oxygen atoms in total. The number of piperazine rings is 1. The number of aryl methyl sites for hydroxylation is 1. The Hall–Kier alpha value is -2.18. The molecule has 7 heteroatoms. The molecule has 1 aromatic heterocycles. The number of nitrogens with one attached hydrogen (secondary N) is 1. The van der Waals surface area contributed by atoms with Gasteiger partial charge in [0, 0.05) is 37.9 Å². The molecular weight excluding hydrogens is 270 g/mol. The largest absolute Gasteiger partial charge is 0.349 e. The third-order valence-corrected chi connectivity index (χ3v) is 3.24. The Bertz CT molecular complexity index is 524. The summed E-state index contributed by atoms with van der Waals surface area (Å²) in [5, 5.41) is 2.83. The van der Waals surface area contributed by atoms with E-state index in [4.69, 9.17) is 0 Å². The van der Waals surface area contributed by atoms with Gasteiger partial charge in [-0.3, -0.25) is 9.59 Å². The van der Waals surface area contributed by atoms with Crippen LogP contribution >= 0.6 is 0 Å². The molecule has 114 valence electrons. The topological polar surface area (TPSA) is 78.4 Å². The average molecular weight is 291 g/mol. The molecule has 0 radical (unpaired) electrons. The van der Waals surface area contributed by atoms with Crippen LogP contribution in [-0.2, 0) is 4.79 Å². The van der Waals surface area contributed by atoms with Crippen molar-refractivity contribution in [3.63, 3.8) is 0 Å². The number of hydrogen-bond donors (Lipinski definition) is 1. The van der Waals surface area contributed by atoms with E-state index < -0.39 is 0 Å². The predicted octanol–water partition coefficient (Wildman–Crippen LogP) is 0.202. The van der Waals surface area contributed by atoms with Gasteiger partial charge in [-0.25, -0.2) is 9.97 Å². The van der Waals surface area contributed by atoms with E-state index in [1.807, 2.05) is 25.7 Å². The van der Waals surface area contributed by atoms with Gasteiger partial charge < -0.3 is 15.1 Å². The highest BCUT2D eigenvalue weighted by Gasteiger charge is 2.20. The van der Waals surface area contributed by atoms with Gasteiger partial charge >= 0.3 is 0 Å². The van der Waals surface area contributed by atoms with Gasteiger partial charge in [-0.1, -0.05) is 0 Å². The lowest BCUT2D eigenvalue weighted by molar-refractivity contribution is -0.118. The highest BCUT2D eigenvalue weighted by atomic mass is 16.2. The van der Waals surface area contributed by atoms with Crippen molar-refractivity contribution in [2.75, 3.05) is 31.1 Å². The van der Waals surface area contributed by atoms with Crippen LogP contribution in [0.3, 0.4) is 0 Å². The highest BCUT2D eigenvalue weighted by molar-refractivity contribution is 5.92. The molecule has 0 aromatic carbocycles. The van der Waals surface area contributed by atoms with E-state index in [1.165, 1.54) is 0 Å². The maximum atomic E-state index is 12.1. The fraction of sp³-hybridized carbons (Fsp3) is 0.571. The number of amides is 2. The molecule has 0 spiro atoms. The number of nitrogens with zero attached hydrogens (tertiary/aromatic N) is 4. The zero-order valence-corrected chi connectivity index (χ0v) is 12.7. The van der Waals surface area contributed by atoms with Crippen LogP contribution in [0.1, 0.15) is 30.0 Å². The molecule has 2 heterocycles. The Morgan fingerprint density at radius 1 is 1.29 bits per heavy atom. The minimum atomic E-state index is -0.191. The quantitative estimate of drug-likeness (QED) is 0.802. The fourth-order valence-corrected chi connectivity index (χ4v) is 2.17. The standard InChI is InChI=1S/C14H21N5O2/c1-10(2)15-13(21)12-8-11(3)16-14(17-12)19-6-4-18(9-20)5-7-19/h8-10H,4-7H2,1-3H3,(H,15,21). The van der Waals surface area contributed by atoms with Crippen LogP contribution in [0.4, 0.5) is 5.95 Å². The summed E-state index contributed by atoms with van der Waals surface area (Å²) in [5.41, 5.74) is 1.13. The van der Waals surface area contributed by atoms with Crippen LogP contribution in [0.15, 0.2) is 6.07 Å². The second kappa shape index (κ2) is 6.51. The number of carbonyl (C=O) groups is 2. The summed E-state index contributed by atoms with van der Waals surface area (Å²) in [6.07, 6.45) is 0.857. The van der Waals surface area contributed by atoms with Gasteiger partial charge in [-0.2, -0.15) is 0 Å². The molecule has 0 atom stereocenters. The number of carbonyl (C=O) groups excluding carboxylic acids is 2. The molecule has 1 N–H and O–H groups in total. The fourth-order valence-electron chi connectivity index (χ4n) is 2.17. The first-order valence-electron chi connectivity index (χ1n) is 7.10. The lowest BCUT2D eigenvalue weighted by Crippen LogP contribution is -2.46. The van der Waals surface area contributed by atoms with E-state index in [9.17, 15) is 9.59 Å². The van der Waals surface area contributed by atoms with Crippen molar-refractivity contribution in [2.24, 2.45) is 0 Å². The van der Waals surface area contributed by atoms with Crippen LogP contribution < -0.4 is 10.2 Å². The normalized spacial score (nSPS) is 15.2. The summed E-state index contributed by atoms with van der Waals surface area (Å²) in [6, 6.07) is 1.75. The van der Waals surface area contributed by atoms with E-state index in [2.05, 4.69) is 15.3 Å². The van der Waals surface area contributed by atoms with Gasteiger partial charge in [0.15, 0.2) is 0 Å². The first-order chi connectivity index (χ1) is 9.99. The second-order valence-electron chi connectivity index (χ2n) is 5.45. The molecule has 1 saturated heterocycles. The van der Waals surface area contributed by atoms with Crippen LogP contribution in [-0.4, -0.2) is 59.4 Å². The highest BCUT2D eigenvalue weighted by Crippen LogP contribution is 2.13. The van der Waals surface area contributed by atoms with E-state index >= 15 is 0 Å². The minimum absolute atomic E-state index is 0.0624. The van der Waals surface area contributed by atoms with Gasteiger partial charge in [0.25, 0.3) is 5.91 Å². The van der Waals surface area contributed by atoms with Crippen LogP contribution in [0, 0.1) is 6.92 Å². The Balaban J connectivity index is 2.15. The third-order valence-electron chi connectivity index (χ3n) is 3.24. The maximum absolute atomic E-state index is 12.1. The molecule has 0 bridgehead atoms. The van der Waals surface area contributed by atoms with E-state index in [0.29, 0.717) is 37.8 Å². The molecule has 1 aliphatic rings. The van der Waals surface area contributed by atoms with Gasteiger partial charge in [0.2, 0.25) is 12.4 Å². The summed E-state index contributed by atoms with van der Waals surface area (Å²) in [5.74, 6) is 0.359. The van der Waals surface area contributed by atoms with Gasteiger partial charge in [-0.05, 0) is 26.8 Å². The van der Waals surface area contributed by atoms with Crippen molar-refractivity contribution < 1.29 is 9.59 Å². The maximum Gasteiger partial charge on any atom is 0.270 e. The van der Waals surface area contributed by atoms with Crippen molar-refractivity contribution in [1.29, 1.82) is 0 Å². The molecule has 1 aromatic rings. The van der Waals surface area contributed by atoms with Crippen molar-refractivity contribution in [3.8, 4) is 0 Å². The molecule has 2 rings (SSSR count). The molecule has 0 aliphatic carbocycles. The van der Waals surface area contributed by atoms with Crippen LogP contribution in [0.25, 0.3) is 0 Å². The summed E-state index contributed by atoms with van der Waals surface area (Å²) in [7, 11) is 0. The first-order valence-corrected chi connectivity index (χ1v) is 7.10. The minimum Gasteiger partial charge on any atom is -0.349 e. The van der Waals surface area contributed by atoms with Gasteiger partial charge in [0.1, 0.15) is 5.69 Å². The molecular formula is C14H21N5O2. The molecule has 0 unspecified atom stereocenters. The number of anilines is 1. The Morgan fingerprint density at radius 3 is 2.52 bits per heavy atom. The SMILES string of the molecule is Cc1cc(C(=O)NC(C)C)nc(N2CCN(C=O)CC2)n1.